The van der Waals surface area contributed by atoms with Crippen LogP contribution in [0.3, 0.4) is 0 Å². The van der Waals surface area contributed by atoms with Crippen LogP contribution in [0.5, 0.6) is 5.75 Å². The van der Waals surface area contributed by atoms with E-state index in [2.05, 4.69) is 0 Å². The summed E-state index contributed by atoms with van der Waals surface area (Å²) in [7, 11) is -2.86. The van der Waals surface area contributed by atoms with Gasteiger partial charge in [-0.05, 0) is 24.5 Å². The second-order valence-corrected chi connectivity index (χ2v) is 7.48. The Labute approximate surface area is 107 Å². The molecule has 1 aromatic rings. The molecule has 0 radical (unpaired) electrons. The normalized spacial score (nSPS) is 24.3. The summed E-state index contributed by atoms with van der Waals surface area (Å²) in [6.07, 6.45) is 2.02. The van der Waals surface area contributed by atoms with Crippen molar-refractivity contribution in [3.05, 3.63) is 29.8 Å². The third kappa shape index (κ3) is 2.52. The molecule has 0 atom stereocenters. The van der Waals surface area contributed by atoms with E-state index in [-0.39, 0.29) is 17.6 Å². The SMILES string of the molecule is O=S1(=O)CC(Oc2ccccc2CC2(O)CC2)C1. The van der Waals surface area contributed by atoms with E-state index in [1.165, 1.54) is 0 Å². The van der Waals surface area contributed by atoms with Gasteiger partial charge in [-0.2, -0.15) is 0 Å². The number of rotatable bonds is 4. The first-order valence-electron chi connectivity index (χ1n) is 6.13. The first-order chi connectivity index (χ1) is 8.46. The number of hydrogen-bond donors (Lipinski definition) is 1. The van der Waals surface area contributed by atoms with E-state index in [4.69, 9.17) is 4.74 Å². The lowest BCUT2D eigenvalue weighted by molar-refractivity contribution is 0.148. The molecule has 1 aliphatic carbocycles. The monoisotopic (exact) mass is 268 g/mol. The molecule has 2 aliphatic rings. The molecule has 4 nitrogen and oxygen atoms in total. The number of hydrogen-bond acceptors (Lipinski definition) is 4. The Bertz CT molecular complexity index is 548. The summed E-state index contributed by atoms with van der Waals surface area (Å²) in [5, 5.41) is 9.94. The molecule has 3 rings (SSSR count). The first kappa shape index (κ1) is 12.0. The van der Waals surface area contributed by atoms with E-state index >= 15 is 0 Å². The minimum absolute atomic E-state index is 0.103. The molecule has 1 saturated heterocycles. The fourth-order valence-electron chi connectivity index (χ4n) is 2.21. The molecule has 1 aromatic carbocycles. The zero-order valence-electron chi connectivity index (χ0n) is 10.0. The predicted molar refractivity (Wildman–Crippen MR) is 67.4 cm³/mol. The van der Waals surface area contributed by atoms with Crippen molar-refractivity contribution in [2.75, 3.05) is 11.5 Å². The van der Waals surface area contributed by atoms with Gasteiger partial charge in [0.2, 0.25) is 0 Å². The first-order valence-corrected chi connectivity index (χ1v) is 7.95. The van der Waals surface area contributed by atoms with Crippen molar-refractivity contribution < 1.29 is 18.3 Å². The molecule has 2 fully saturated rings. The van der Waals surface area contributed by atoms with Crippen LogP contribution in [-0.2, 0) is 16.3 Å². The number of benzene rings is 1. The van der Waals surface area contributed by atoms with Gasteiger partial charge in [0, 0.05) is 6.42 Å². The highest BCUT2D eigenvalue weighted by Crippen LogP contribution is 2.40. The van der Waals surface area contributed by atoms with E-state index in [0.717, 1.165) is 18.4 Å². The smallest absolute Gasteiger partial charge is 0.157 e. The van der Waals surface area contributed by atoms with Gasteiger partial charge in [0.25, 0.3) is 0 Å². The van der Waals surface area contributed by atoms with Crippen LogP contribution in [0, 0.1) is 0 Å². The molecule has 0 unspecified atom stereocenters. The zero-order chi connectivity index (χ0) is 12.8. The highest BCUT2D eigenvalue weighted by atomic mass is 32.2. The van der Waals surface area contributed by atoms with E-state index in [9.17, 15) is 13.5 Å². The van der Waals surface area contributed by atoms with Crippen LogP contribution >= 0.6 is 0 Å². The summed E-state index contributed by atoms with van der Waals surface area (Å²) in [5.74, 6) is 0.912. The third-order valence-corrected chi connectivity index (χ3v) is 5.25. The highest BCUT2D eigenvalue weighted by Gasteiger charge is 2.41. The van der Waals surface area contributed by atoms with Crippen LogP contribution in [0.25, 0.3) is 0 Å². The number of sulfone groups is 1. The maximum Gasteiger partial charge on any atom is 0.157 e. The van der Waals surface area contributed by atoms with Crippen LogP contribution in [0.4, 0.5) is 0 Å². The van der Waals surface area contributed by atoms with Gasteiger partial charge in [-0.1, -0.05) is 18.2 Å². The van der Waals surface area contributed by atoms with Gasteiger partial charge in [-0.3, -0.25) is 0 Å². The van der Waals surface area contributed by atoms with E-state index in [1.54, 1.807) is 0 Å². The molecule has 1 aliphatic heterocycles. The summed E-state index contributed by atoms with van der Waals surface area (Å²) < 4.78 is 27.9. The van der Waals surface area contributed by atoms with Crippen molar-refractivity contribution in [2.45, 2.75) is 31.0 Å². The summed E-state index contributed by atoms with van der Waals surface area (Å²) in [4.78, 5) is 0. The maximum absolute atomic E-state index is 11.1. The van der Waals surface area contributed by atoms with Gasteiger partial charge in [-0.15, -0.1) is 0 Å². The quantitative estimate of drug-likeness (QED) is 0.882. The van der Waals surface area contributed by atoms with Crippen LogP contribution in [0.2, 0.25) is 0 Å². The van der Waals surface area contributed by atoms with Gasteiger partial charge in [0.1, 0.15) is 11.9 Å². The van der Waals surface area contributed by atoms with Crippen molar-refractivity contribution in [3.63, 3.8) is 0 Å². The van der Waals surface area contributed by atoms with E-state index in [0.29, 0.717) is 12.2 Å². The average molecular weight is 268 g/mol. The molecule has 0 spiro atoms. The molecular weight excluding hydrogens is 252 g/mol. The minimum atomic E-state index is -2.86. The molecule has 5 heteroatoms. The lowest BCUT2D eigenvalue weighted by atomic mass is 10.1. The van der Waals surface area contributed by atoms with Crippen molar-refractivity contribution in [3.8, 4) is 5.75 Å². The molecule has 0 amide bonds. The van der Waals surface area contributed by atoms with E-state index in [1.807, 2.05) is 24.3 Å². The Hall–Kier alpha value is -1.07. The Kier molecular flexibility index (Phi) is 2.64. The molecular formula is C13H16O4S. The largest absolute Gasteiger partial charge is 0.488 e. The molecule has 1 N–H and O–H groups in total. The standard InChI is InChI=1S/C13H16O4S/c14-13(5-6-13)7-10-3-1-2-4-12(10)17-11-8-18(15,16)9-11/h1-4,11,14H,5-9H2. The van der Waals surface area contributed by atoms with Gasteiger partial charge in [0.05, 0.1) is 17.1 Å². The van der Waals surface area contributed by atoms with E-state index < -0.39 is 15.4 Å². The predicted octanol–water partition coefficient (Wildman–Crippen LogP) is 0.930. The lowest BCUT2D eigenvalue weighted by Crippen LogP contribution is -2.45. The van der Waals surface area contributed by atoms with Crippen LogP contribution in [-0.4, -0.2) is 36.7 Å². The number of para-hydroxylation sites is 1. The Morgan fingerprint density at radius 2 is 1.94 bits per heavy atom. The Balaban J connectivity index is 1.71. The summed E-state index contributed by atoms with van der Waals surface area (Å²) in [6.45, 7) is 0. The van der Waals surface area contributed by atoms with Crippen LogP contribution in [0.1, 0.15) is 18.4 Å². The summed E-state index contributed by atoms with van der Waals surface area (Å²) >= 11 is 0. The maximum atomic E-state index is 11.1. The summed E-state index contributed by atoms with van der Waals surface area (Å²) in [6, 6.07) is 7.54. The van der Waals surface area contributed by atoms with Crippen LogP contribution < -0.4 is 4.74 Å². The van der Waals surface area contributed by atoms with Gasteiger partial charge in [0.15, 0.2) is 9.84 Å². The van der Waals surface area contributed by atoms with Crippen molar-refractivity contribution in [2.24, 2.45) is 0 Å². The molecule has 18 heavy (non-hydrogen) atoms. The van der Waals surface area contributed by atoms with Crippen molar-refractivity contribution >= 4 is 9.84 Å². The van der Waals surface area contributed by atoms with Crippen molar-refractivity contribution in [1.82, 2.24) is 0 Å². The Morgan fingerprint density at radius 3 is 2.56 bits per heavy atom. The Morgan fingerprint density at radius 1 is 1.28 bits per heavy atom. The number of ether oxygens (including phenoxy) is 1. The van der Waals surface area contributed by atoms with Crippen molar-refractivity contribution in [1.29, 1.82) is 0 Å². The summed E-state index contributed by atoms with van der Waals surface area (Å²) in [5.41, 5.74) is 0.396. The molecule has 0 aromatic heterocycles. The second-order valence-electron chi connectivity index (χ2n) is 5.33. The molecule has 1 heterocycles. The second kappa shape index (κ2) is 3.96. The zero-order valence-corrected chi connectivity index (χ0v) is 10.8. The highest BCUT2D eigenvalue weighted by molar-refractivity contribution is 7.92. The minimum Gasteiger partial charge on any atom is -0.488 e. The molecule has 98 valence electrons. The topological polar surface area (TPSA) is 63.6 Å². The van der Waals surface area contributed by atoms with Gasteiger partial charge in [-0.25, -0.2) is 8.42 Å². The van der Waals surface area contributed by atoms with Gasteiger partial charge >= 0.3 is 0 Å². The lowest BCUT2D eigenvalue weighted by Gasteiger charge is -2.27. The van der Waals surface area contributed by atoms with Crippen LogP contribution in [0.15, 0.2) is 24.3 Å². The number of aliphatic hydroxyl groups is 1. The average Bonchev–Trinajstić information content (AvgIpc) is 2.97. The fourth-order valence-corrected chi connectivity index (χ4v) is 3.38. The molecule has 0 bridgehead atoms. The third-order valence-electron chi connectivity index (χ3n) is 3.49. The van der Waals surface area contributed by atoms with Gasteiger partial charge < -0.3 is 9.84 Å². The fraction of sp³-hybridized carbons (Fsp3) is 0.538. The molecule has 1 saturated carbocycles.